The number of piperazine rings is 1. The number of nitrogens with zero attached hydrogens (tertiary/aromatic N) is 1. The average Bonchev–Trinajstić information content (AvgIpc) is 2.70. The lowest BCUT2D eigenvalue weighted by Gasteiger charge is -2.43. The Morgan fingerprint density at radius 3 is 2.39 bits per heavy atom. The molecule has 2 rings (SSSR count). The zero-order chi connectivity index (χ0) is 13.6. The van der Waals surface area contributed by atoms with Crippen LogP contribution in [0.3, 0.4) is 0 Å². The molecule has 1 aliphatic heterocycles. The molecule has 0 aromatic carbocycles. The summed E-state index contributed by atoms with van der Waals surface area (Å²) in [6, 6.07) is -1.06. The Morgan fingerprint density at radius 1 is 1.33 bits per heavy atom. The molecule has 1 spiro atoms. The molecule has 2 fully saturated rings. The van der Waals surface area contributed by atoms with Gasteiger partial charge in [0.2, 0.25) is 11.8 Å². The van der Waals surface area contributed by atoms with Crippen molar-refractivity contribution in [3.05, 3.63) is 0 Å². The number of amides is 2. The molecule has 1 heterocycles. The Hall–Kier alpha value is -1.27. The lowest BCUT2D eigenvalue weighted by molar-refractivity contribution is -0.177. The lowest BCUT2D eigenvalue weighted by Crippen LogP contribution is -2.69. The van der Waals surface area contributed by atoms with Gasteiger partial charge in [0, 0.05) is 0 Å². The molecule has 2 amide bonds. The van der Waals surface area contributed by atoms with E-state index in [4.69, 9.17) is 0 Å². The van der Waals surface area contributed by atoms with Crippen molar-refractivity contribution in [3.63, 3.8) is 0 Å². The van der Waals surface area contributed by atoms with Gasteiger partial charge in [-0.25, -0.2) is 0 Å². The molecule has 102 valence electrons. The highest BCUT2D eigenvalue weighted by Crippen LogP contribution is 2.35. The third-order valence-electron chi connectivity index (χ3n) is 3.69. The zero-order valence-electron chi connectivity index (χ0n) is 10.0. The van der Waals surface area contributed by atoms with Crippen LogP contribution in [0.25, 0.3) is 0 Å². The van der Waals surface area contributed by atoms with Crippen LogP contribution >= 0.6 is 0 Å². The van der Waals surface area contributed by atoms with E-state index in [1.54, 1.807) is 0 Å². The van der Waals surface area contributed by atoms with Crippen molar-refractivity contribution >= 4 is 11.8 Å². The van der Waals surface area contributed by atoms with Crippen LogP contribution in [0.4, 0.5) is 13.2 Å². The van der Waals surface area contributed by atoms with Gasteiger partial charge in [0.25, 0.3) is 0 Å². The van der Waals surface area contributed by atoms with Crippen molar-refractivity contribution in [2.75, 3.05) is 6.54 Å². The van der Waals surface area contributed by atoms with Crippen LogP contribution in [0.15, 0.2) is 0 Å². The topological polar surface area (TPSA) is 49.4 Å². The molecule has 4 nitrogen and oxygen atoms in total. The summed E-state index contributed by atoms with van der Waals surface area (Å²) in [6.45, 7) is -0.0387. The van der Waals surface area contributed by atoms with Crippen molar-refractivity contribution < 1.29 is 22.8 Å². The quantitative estimate of drug-likeness (QED) is 0.774. The van der Waals surface area contributed by atoms with Crippen LogP contribution in [0.5, 0.6) is 0 Å². The molecule has 0 radical (unpaired) electrons. The lowest BCUT2D eigenvalue weighted by atomic mass is 9.91. The summed E-state index contributed by atoms with van der Waals surface area (Å²) in [5, 5.41) is 2.61. The van der Waals surface area contributed by atoms with Crippen LogP contribution in [-0.2, 0) is 9.59 Å². The Kier molecular flexibility index (Phi) is 3.03. The average molecular weight is 264 g/mol. The Balaban J connectivity index is 2.26. The van der Waals surface area contributed by atoms with E-state index in [1.165, 1.54) is 6.92 Å². The maximum atomic E-state index is 12.5. The highest BCUT2D eigenvalue weighted by atomic mass is 19.4. The van der Waals surface area contributed by atoms with Gasteiger partial charge in [-0.2, -0.15) is 13.2 Å². The molecule has 1 saturated carbocycles. The molecule has 0 aromatic rings. The van der Waals surface area contributed by atoms with Gasteiger partial charge in [-0.15, -0.1) is 0 Å². The first-order chi connectivity index (χ1) is 8.25. The predicted octanol–water partition coefficient (Wildman–Crippen LogP) is 1.21. The smallest absolute Gasteiger partial charge is 0.340 e. The molecule has 0 bridgehead atoms. The summed E-state index contributed by atoms with van der Waals surface area (Å²) < 4.78 is 37.4. The molecular formula is C11H15F3N2O2. The summed E-state index contributed by atoms with van der Waals surface area (Å²) in [6.07, 6.45) is -2.13. The molecular weight excluding hydrogens is 249 g/mol. The second-order valence-electron chi connectivity index (χ2n) is 5.00. The van der Waals surface area contributed by atoms with Crippen molar-refractivity contribution in [3.8, 4) is 0 Å². The second kappa shape index (κ2) is 4.13. The van der Waals surface area contributed by atoms with Crippen LogP contribution in [0.1, 0.15) is 32.6 Å². The minimum atomic E-state index is -4.48. The number of carbonyl (C=O) groups excluding carboxylic acids is 2. The Morgan fingerprint density at radius 2 is 1.89 bits per heavy atom. The fourth-order valence-electron chi connectivity index (χ4n) is 2.71. The number of rotatable bonds is 1. The third-order valence-corrected chi connectivity index (χ3v) is 3.69. The Labute approximate surface area is 103 Å². The number of nitrogens with one attached hydrogen (secondary N) is 1. The number of hydrogen-bond acceptors (Lipinski definition) is 2. The van der Waals surface area contributed by atoms with E-state index in [2.05, 4.69) is 5.32 Å². The normalized spacial score (nSPS) is 27.8. The first kappa shape index (κ1) is 13.2. The molecule has 18 heavy (non-hydrogen) atoms. The van der Waals surface area contributed by atoms with Gasteiger partial charge in [0.1, 0.15) is 18.1 Å². The fourth-order valence-corrected chi connectivity index (χ4v) is 2.71. The summed E-state index contributed by atoms with van der Waals surface area (Å²) in [4.78, 5) is 24.6. The van der Waals surface area contributed by atoms with Gasteiger partial charge in [-0.05, 0) is 19.8 Å². The maximum Gasteiger partial charge on any atom is 0.406 e. The summed E-state index contributed by atoms with van der Waals surface area (Å²) in [7, 11) is 0. The highest BCUT2D eigenvalue weighted by Gasteiger charge is 2.52. The van der Waals surface area contributed by atoms with Crippen LogP contribution in [0, 0.1) is 0 Å². The number of alkyl halides is 3. The number of halogens is 3. The van der Waals surface area contributed by atoms with Gasteiger partial charge in [-0.1, -0.05) is 12.8 Å². The van der Waals surface area contributed by atoms with Crippen LogP contribution in [0.2, 0.25) is 0 Å². The number of hydrogen-bond donors (Lipinski definition) is 1. The molecule has 1 unspecified atom stereocenters. The first-order valence-corrected chi connectivity index (χ1v) is 5.95. The SMILES string of the molecule is CC1C(=O)NC2(CCCC2)C(=O)N1CC(F)(F)F. The van der Waals surface area contributed by atoms with Crippen LogP contribution < -0.4 is 5.32 Å². The first-order valence-electron chi connectivity index (χ1n) is 5.95. The monoisotopic (exact) mass is 264 g/mol. The Bertz CT molecular complexity index is 375. The van der Waals surface area contributed by atoms with Crippen molar-refractivity contribution in [2.45, 2.75) is 50.4 Å². The summed E-state index contributed by atoms with van der Waals surface area (Å²) in [5.41, 5.74) is -1.09. The molecule has 1 aliphatic carbocycles. The fraction of sp³-hybridized carbons (Fsp3) is 0.818. The highest BCUT2D eigenvalue weighted by molar-refractivity contribution is 5.99. The van der Waals surface area contributed by atoms with E-state index in [9.17, 15) is 22.8 Å². The van der Waals surface area contributed by atoms with Crippen LogP contribution in [-0.4, -0.2) is 41.0 Å². The molecule has 1 atom stereocenters. The standard InChI is InChI=1S/C11H15F3N2O2/c1-7-8(17)15-10(4-2-3-5-10)9(18)16(7)6-11(12,13)14/h7H,2-6H2,1H3,(H,15,17). The van der Waals surface area contributed by atoms with Gasteiger partial charge in [-0.3, -0.25) is 9.59 Å². The molecule has 1 saturated heterocycles. The van der Waals surface area contributed by atoms with Crippen molar-refractivity contribution in [1.29, 1.82) is 0 Å². The van der Waals surface area contributed by atoms with E-state index in [1.807, 2.05) is 0 Å². The molecule has 1 N–H and O–H groups in total. The molecule has 7 heteroatoms. The number of carbonyl (C=O) groups is 2. The summed E-state index contributed by atoms with van der Waals surface area (Å²) in [5.74, 6) is -1.09. The van der Waals surface area contributed by atoms with E-state index in [0.717, 1.165) is 12.8 Å². The summed E-state index contributed by atoms with van der Waals surface area (Å²) >= 11 is 0. The third kappa shape index (κ3) is 2.18. The predicted molar refractivity (Wildman–Crippen MR) is 56.6 cm³/mol. The minimum Gasteiger partial charge on any atom is -0.340 e. The van der Waals surface area contributed by atoms with Gasteiger partial charge < -0.3 is 10.2 Å². The zero-order valence-corrected chi connectivity index (χ0v) is 10.0. The van der Waals surface area contributed by atoms with Gasteiger partial charge >= 0.3 is 6.18 Å². The van der Waals surface area contributed by atoms with Gasteiger partial charge in [0.05, 0.1) is 0 Å². The maximum absolute atomic E-state index is 12.5. The van der Waals surface area contributed by atoms with E-state index >= 15 is 0 Å². The van der Waals surface area contributed by atoms with Crippen molar-refractivity contribution in [1.82, 2.24) is 10.2 Å². The molecule has 0 aromatic heterocycles. The molecule has 2 aliphatic rings. The second-order valence-corrected chi connectivity index (χ2v) is 5.00. The van der Waals surface area contributed by atoms with E-state index in [-0.39, 0.29) is 0 Å². The minimum absolute atomic E-state index is 0.429. The van der Waals surface area contributed by atoms with E-state index < -0.39 is 36.1 Å². The van der Waals surface area contributed by atoms with Gasteiger partial charge in [0.15, 0.2) is 0 Å². The van der Waals surface area contributed by atoms with Crippen molar-refractivity contribution in [2.24, 2.45) is 0 Å². The van der Waals surface area contributed by atoms with E-state index in [0.29, 0.717) is 17.7 Å². The largest absolute Gasteiger partial charge is 0.406 e.